The summed E-state index contributed by atoms with van der Waals surface area (Å²) in [5, 5.41) is 15.5. The molecule has 0 radical (unpaired) electrons. The number of para-hydroxylation sites is 1. The minimum absolute atomic E-state index is 0.308. The zero-order valence-electron chi connectivity index (χ0n) is 19.9. The topological polar surface area (TPSA) is 59.8 Å². The molecular weight excluding hydrogens is 414 g/mol. The van der Waals surface area contributed by atoms with Crippen LogP contribution in [-0.2, 0) is 6.54 Å². The molecule has 33 heavy (non-hydrogen) atoms. The van der Waals surface area contributed by atoms with E-state index in [0.717, 1.165) is 42.0 Å². The van der Waals surface area contributed by atoms with Crippen LogP contribution >= 0.6 is 0 Å². The predicted octanol–water partition coefficient (Wildman–Crippen LogP) is 5.50. The van der Waals surface area contributed by atoms with Crippen LogP contribution in [0, 0.1) is 6.92 Å². The molecule has 3 aromatic rings. The molecule has 1 N–H and O–H groups in total. The molecule has 176 valence electrons. The van der Waals surface area contributed by atoms with Crippen molar-refractivity contribution in [3.05, 3.63) is 65.9 Å². The molecule has 0 saturated heterocycles. The molecular formula is C27H35N3O3. The number of hydrogen-bond donors (Lipinski definition) is 1. The second-order valence-corrected chi connectivity index (χ2v) is 8.85. The van der Waals surface area contributed by atoms with E-state index < -0.39 is 0 Å². The SMILES string of the molecule is CCCC[C@@H](O)CN(Cc1c(C)nn(-c2ccccc2)c1Oc1cccc(OC)c1)C1CC1. The van der Waals surface area contributed by atoms with Crippen molar-refractivity contribution in [2.75, 3.05) is 13.7 Å². The second-order valence-electron chi connectivity index (χ2n) is 8.85. The Balaban J connectivity index is 1.66. The van der Waals surface area contributed by atoms with Crippen LogP contribution in [-0.4, -0.2) is 45.6 Å². The highest BCUT2D eigenvalue weighted by Crippen LogP contribution is 2.35. The lowest BCUT2D eigenvalue weighted by atomic mass is 10.1. The Bertz CT molecular complexity index is 1030. The summed E-state index contributed by atoms with van der Waals surface area (Å²) in [6.45, 7) is 5.58. The van der Waals surface area contributed by atoms with Gasteiger partial charge < -0.3 is 14.6 Å². The van der Waals surface area contributed by atoms with Crippen molar-refractivity contribution in [3.63, 3.8) is 0 Å². The number of aliphatic hydroxyl groups is 1. The van der Waals surface area contributed by atoms with Crippen LogP contribution in [0.25, 0.3) is 5.69 Å². The van der Waals surface area contributed by atoms with Crippen molar-refractivity contribution >= 4 is 0 Å². The average Bonchev–Trinajstić information content (AvgIpc) is 3.64. The van der Waals surface area contributed by atoms with Crippen molar-refractivity contribution in [1.82, 2.24) is 14.7 Å². The van der Waals surface area contributed by atoms with Gasteiger partial charge in [0.15, 0.2) is 0 Å². The number of benzene rings is 2. The molecule has 0 bridgehead atoms. The van der Waals surface area contributed by atoms with Crippen LogP contribution in [0.3, 0.4) is 0 Å². The predicted molar refractivity (Wildman–Crippen MR) is 130 cm³/mol. The molecule has 1 aliphatic rings. The van der Waals surface area contributed by atoms with E-state index in [-0.39, 0.29) is 6.10 Å². The highest BCUT2D eigenvalue weighted by Gasteiger charge is 2.32. The Morgan fingerprint density at radius 3 is 2.58 bits per heavy atom. The maximum absolute atomic E-state index is 10.6. The normalized spacial score (nSPS) is 14.5. The number of hydrogen-bond acceptors (Lipinski definition) is 5. The number of rotatable bonds is 12. The maximum Gasteiger partial charge on any atom is 0.227 e. The summed E-state index contributed by atoms with van der Waals surface area (Å²) in [5.74, 6) is 2.16. The first-order valence-corrected chi connectivity index (χ1v) is 12.0. The van der Waals surface area contributed by atoms with Crippen LogP contribution in [0.5, 0.6) is 17.4 Å². The first kappa shape index (κ1) is 23.3. The molecule has 6 nitrogen and oxygen atoms in total. The van der Waals surface area contributed by atoms with Crippen LogP contribution in [0.4, 0.5) is 0 Å². The minimum atomic E-state index is -0.308. The third-order valence-corrected chi connectivity index (χ3v) is 6.15. The summed E-state index contributed by atoms with van der Waals surface area (Å²) >= 11 is 0. The third-order valence-electron chi connectivity index (χ3n) is 6.15. The van der Waals surface area contributed by atoms with E-state index in [1.165, 1.54) is 12.8 Å². The van der Waals surface area contributed by atoms with Gasteiger partial charge in [-0.05, 0) is 50.5 Å². The number of aromatic nitrogens is 2. The van der Waals surface area contributed by atoms with Crippen molar-refractivity contribution in [2.24, 2.45) is 0 Å². The summed E-state index contributed by atoms with van der Waals surface area (Å²) in [6, 6.07) is 18.2. The fraction of sp³-hybridized carbons (Fsp3) is 0.444. The molecule has 0 unspecified atom stereocenters. The number of unbranched alkanes of at least 4 members (excludes halogenated alkanes) is 1. The standard InChI is InChI=1S/C27H35N3O3/c1-4-5-12-23(31)18-29(21-15-16-21)19-26-20(2)28-30(22-10-7-6-8-11-22)27(26)33-25-14-9-13-24(17-25)32-3/h6-11,13-14,17,21,23,31H,4-5,12,15-16,18-19H2,1-3H3/t23-/m1/s1. The molecule has 1 saturated carbocycles. The Morgan fingerprint density at radius 1 is 1.12 bits per heavy atom. The van der Waals surface area contributed by atoms with Crippen LogP contribution in [0.1, 0.15) is 50.3 Å². The summed E-state index contributed by atoms with van der Waals surface area (Å²) in [4.78, 5) is 2.40. The Hall–Kier alpha value is -2.83. The van der Waals surface area contributed by atoms with Crippen molar-refractivity contribution in [3.8, 4) is 23.1 Å². The zero-order valence-corrected chi connectivity index (χ0v) is 19.9. The van der Waals surface area contributed by atoms with Gasteiger partial charge >= 0.3 is 0 Å². The van der Waals surface area contributed by atoms with Gasteiger partial charge in [-0.25, -0.2) is 4.68 Å². The molecule has 1 heterocycles. The molecule has 6 heteroatoms. The quantitative estimate of drug-likeness (QED) is 0.396. The highest BCUT2D eigenvalue weighted by molar-refractivity contribution is 5.44. The summed E-state index contributed by atoms with van der Waals surface area (Å²) < 4.78 is 13.7. The van der Waals surface area contributed by atoms with Gasteiger partial charge in [-0.2, -0.15) is 5.10 Å². The van der Waals surface area contributed by atoms with E-state index in [9.17, 15) is 5.11 Å². The fourth-order valence-corrected chi connectivity index (χ4v) is 4.13. The molecule has 0 aliphatic heterocycles. The van der Waals surface area contributed by atoms with E-state index >= 15 is 0 Å². The lowest BCUT2D eigenvalue weighted by Crippen LogP contribution is -2.34. The number of aryl methyl sites for hydroxylation is 1. The summed E-state index contributed by atoms with van der Waals surface area (Å²) in [6.07, 6.45) is 5.04. The first-order valence-electron chi connectivity index (χ1n) is 12.0. The second kappa shape index (κ2) is 10.9. The van der Waals surface area contributed by atoms with Gasteiger partial charge in [0.1, 0.15) is 11.5 Å². The van der Waals surface area contributed by atoms with E-state index in [4.69, 9.17) is 14.6 Å². The van der Waals surface area contributed by atoms with Gasteiger partial charge in [-0.3, -0.25) is 4.90 Å². The smallest absolute Gasteiger partial charge is 0.227 e. The van der Waals surface area contributed by atoms with Gasteiger partial charge in [0, 0.05) is 25.2 Å². The largest absolute Gasteiger partial charge is 0.497 e. The molecule has 1 atom stereocenters. The number of ether oxygens (including phenoxy) is 2. The Labute approximate surface area is 196 Å². The Kier molecular flexibility index (Phi) is 7.68. The minimum Gasteiger partial charge on any atom is -0.497 e. The average molecular weight is 450 g/mol. The maximum atomic E-state index is 10.6. The van der Waals surface area contributed by atoms with E-state index in [1.54, 1.807) is 7.11 Å². The molecule has 1 aromatic heterocycles. The Morgan fingerprint density at radius 2 is 1.88 bits per heavy atom. The van der Waals surface area contributed by atoms with Gasteiger partial charge in [0.2, 0.25) is 5.88 Å². The van der Waals surface area contributed by atoms with Crippen molar-refractivity contribution in [1.29, 1.82) is 0 Å². The molecule has 0 spiro atoms. The van der Waals surface area contributed by atoms with E-state index in [1.807, 2.05) is 66.2 Å². The number of nitrogens with zero attached hydrogens (tertiary/aromatic N) is 3. The van der Waals surface area contributed by atoms with Gasteiger partial charge in [0.05, 0.1) is 30.2 Å². The number of aliphatic hydroxyl groups excluding tert-OH is 1. The molecule has 1 fully saturated rings. The number of methoxy groups -OCH3 is 1. The van der Waals surface area contributed by atoms with Crippen molar-refractivity contribution in [2.45, 2.75) is 64.6 Å². The summed E-state index contributed by atoms with van der Waals surface area (Å²) in [5.41, 5.74) is 2.94. The van der Waals surface area contributed by atoms with E-state index in [0.29, 0.717) is 30.8 Å². The lowest BCUT2D eigenvalue weighted by Gasteiger charge is -2.25. The molecule has 1 aliphatic carbocycles. The fourth-order valence-electron chi connectivity index (χ4n) is 4.13. The van der Waals surface area contributed by atoms with Gasteiger partial charge in [-0.1, -0.05) is 44.0 Å². The van der Waals surface area contributed by atoms with E-state index in [2.05, 4.69) is 11.8 Å². The van der Waals surface area contributed by atoms with Crippen LogP contribution < -0.4 is 9.47 Å². The molecule has 4 rings (SSSR count). The zero-order chi connectivity index (χ0) is 23.2. The highest BCUT2D eigenvalue weighted by atomic mass is 16.5. The van der Waals surface area contributed by atoms with Gasteiger partial charge in [0.25, 0.3) is 0 Å². The third kappa shape index (κ3) is 5.95. The van der Waals surface area contributed by atoms with Gasteiger partial charge in [-0.15, -0.1) is 0 Å². The first-order chi connectivity index (χ1) is 16.1. The summed E-state index contributed by atoms with van der Waals surface area (Å²) in [7, 11) is 1.65. The molecule has 2 aromatic carbocycles. The monoisotopic (exact) mass is 449 g/mol. The molecule has 0 amide bonds. The van der Waals surface area contributed by atoms with Crippen molar-refractivity contribution < 1.29 is 14.6 Å². The van der Waals surface area contributed by atoms with Crippen LogP contribution in [0.15, 0.2) is 54.6 Å². The van der Waals surface area contributed by atoms with Crippen LogP contribution in [0.2, 0.25) is 0 Å². The lowest BCUT2D eigenvalue weighted by molar-refractivity contribution is 0.0949.